The molecular formula is C13H9Cl2N3. The molecule has 0 aliphatic carbocycles. The number of hydrogen-bond acceptors (Lipinski definition) is 2. The summed E-state index contributed by atoms with van der Waals surface area (Å²) < 4.78 is 2.05. The molecule has 0 aliphatic rings. The van der Waals surface area contributed by atoms with Crippen LogP contribution in [0, 0.1) is 0 Å². The summed E-state index contributed by atoms with van der Waals surface area (Å²) in [5.41, 5.74) is 2.74. The van der Waals surface area contributed by atoms with E-state index in [1.165, 1.54) is 6.20 Å². The van der Waals surface area contributed by atoms with Gasteiger partial charge in [0.15, 0.2) is 0 Å². The quantitative estimate of drug-likeness (QED) is 0.631. The topological polar surface area (TPSA) is 30.7 Å². The number of rotatable bonds is 1. The summed E-state index contributed by atoms with van der Waals surface area (Å²) >= 11 is 12.0. The first-order chi connectivity index (χ1) is 8.66. The molecule has 0 atom stereocenters. The summed E-state index contributed by atoms with van der Waals surface area (Å²) in [6, 6.07) is 8.05. The van der Waals surface area contributed by atoms with Crippen molar-refractivity contribution in [1.82, 2.24) is 14.5 Å². The first-order valence-electron chi connectivity index (χ1n) is 5.39. The average molecular weight is 278 g/mol. The van der Waals surface area contributed by atoms with E-state index in [-0.39, 0.29) is 5.28 Å². The van der Waals surface area contributed by atoms with Gasteiger partial charge in [-0.2, -0.15) is 0 Å². The predicted octanol–water partition coefficient (Wildman–Crippen LogP) is 3.94. The van der Waals surface area contributed by atoms with Crippen molar-refractivity contribution in [3.8, 4) is 11.3 Å². The van der Waals surface area contributed by atoms with E-state index in [1.807, 2.05) is 31.4 Å². The molecule has 5 heteroatoms. The molecule has 3 rings (SSSR count). The number of nitrogens with zero attached hydrogens (tertiary/aromatic N) is 3. The van der Waals surface area contributed by atoms with Crippen molar-refractivity contribution in [1.29, 1.82) is 0 Å². The number of hydrogen-bond donors (Lipinski definition) is 0. The van der Waals surface area contributed by atoms with Crippen LogP contribution in [0.5, 0.6) is 0 Å². The summed E-state index contributed by atoms with van der Waals surface area (Å²) in [5, 5.41) is 1.79. The van der Waals surface area contributed by atoms with Crippen LogP contribution in [-0.2, 0) is 7.05 Å². The second-order valence-corrected chi connectivity index (χ2v) is 4.75. The Morgan fingerprint density at radius 2 is 2.00 bits per heavy atom. The molecule has 90 valence electrons. The van der Waals surface area contributed by atoms with Crippen molar-refractivity contribution >= 4 is 34.1 Å². The van der Waals surface area contributed by atoms with Gasteiger partial charge in [0.25, 0.3) is 0 Å². The lowest BCUT2D eigenvalue weighted by Gasteiger charge is -2.06. The highest BCUT2D eigenvalue weighted by Gasteiger charge is 2.11. The zero-order valence-electron chi connectivity index (χ0n) is 9.56. The second-order valence-electron chi connectivity index (χ2n) is 4.00. The van der Waals surface area contributed by atoms with Gasteiger partial charge in [0.2, 0.25) is 5.28 Å². The van der Waals surface area contributed by atoms with Crippen molar-refractivity contribution < 1.29 is 0 Å². The van der Waals surface area contributed by atoms with Crippen molar-refractivity contribution in [3.63, 3.8) is 0 Å². The molecule has 0 saturated heterocycles. The molecule has 2 heterocycles. The van der Waals surface area contributed by atoms with Gasteiger partial charge in [0.05, 0.1) is 16.9 Å². The maximum Gasteiger partial charge on any atom is 0.222 e. The van der Waals surface area contributed by atoms with E-state index in [2.05, 4.69) is 20.6 Å². The number of aromatic nitrogens is 3. The fraction of sp³-hybridized carbons (Fsp3) is 0.0769. The van der Waals surface area contributed by atoms with Crippen molar-refractivity contribution in [2.45, 2.75) is 0 Å². The number of fused-ring (bicyclic) bond motifs is 1. The first kappa shape index (κ1) is 11.5. The fourth-order valence-corrected chi connectivity index (χ4v) is 2.37. The van der Waals surface area contributed by atoms with Gasteiger partial charge >= 0.3 is 0 Å². The zero-order chi connectivity index (χ0) is 12.7. The van der Waals surface area contributed by atoms with Crippen molar-refractivity contribution in [3.05, 3.63) is 47.0 Å². The molecule has 3 aromatic rings. The van der Waals surface area contributed by atoms with Crippen LogP contribution in [0.3, 0.4) is 0 Å². The lowest BCUT2D eigenvalue weighted by Crippen LogP contribution is -1.90. The van der Waals surface area contributed by atoms with Crippen molar-refractivity contribution in [2.75, 3.05) is 0 Å². The summed E-state index contributed by atoms with van der Waals surface area (Å²) in [5.74, 6) is 0. The lowest BCUT2D eigenvalue weighted by atomic mass is 10.1. The van der Waals surface area contributed by atoms with Gasteiger partial charge in [-0.25, -0.2) is 9.97 Å². The van der Waals surface area contributed by atoms with Gasteiger partial charge in [0.1, 0.15) is 0 Å². The Hall–Kier alpha value is -1.58. The highest BCUT2D eigenvalue weighted by Crippen LogP contribution is 2.32. The van der Waals surface area contributed by atoms with Gasteiger partial charge < -0.3 is 4.57 Å². The highest BCUT2D eigenvalue weighted by molar-refractivity contribution is 6.34. The van der Waals surface area contributed by atoms with Gasteiger partial charge in [-0.15, -0.1) is 0 Å². The van der Waals surface area contributed by atoms with Crippen LogP contribution < -0.4 is 0 Å². The monoisotopic (exact) mass is 277 g/mol. The van der Waals surface area contributed by atoms with Crippen LogP contribution in [-0.4, -0.2) is 14.5 Å². The van der Waals surface area contributed by atoms with E-state index >= 15 is 0 Å². The molecule has 0 N–H and O–H groups in total. The predicted molar refractivity (Wildman–Crippen MR) is 74.0 cm³/mol. The van der Waals surface area contributed by atoms with Gasteiger partial charge in [-0.05, 0) is 23.7 Å². The molecule has 0 fully saturated rings. The largest absolute Gasteiger partial charge is 0.351 e. The second kappa shape index (κ2) is 4.26. The molecule has 0 unspecified atom stereocenters. The molecule has 0 amide bonds. The smallest absolute Gasteiger partial charge is 0.222 e. The third kappa shape index (κ3) is 1.76. The van der Waals surface area contributed by atoms with Crippen molar-refractivity contribution in [2.24, 2.45) is 7.05 Å². The molecule has 0 aliphatic heterocycles. The summed E-state index contributed by atoms with van der Waals surface area (Å²) in [6.07, 6.45) is 3.53. The van der Waals surface area contributed by atoms with Gasteiger partial charge in [0, 0.05) is 29.7 Å². The Morgan fingerprint density at radius 3 is 2.83 bits per heavy atom. The van der Waals surface area contributed by atoms with Crippen LogP contribution in [0.2, 0.25) is 10.3 Å². The Labute approximate surface area is 114 Å². The molecule has 18 heavy (non-hydrogen) atoms. The van der Waals surface area contributed by atoms with E-state index in [9.17, 15) is 0 Å². The molecule has 0 saturated carbocycles. The van der Waals surface area contributed by atoms with Crippen LogP contribution in [0.4, 0.5) is 0 Å². The van der Waals surface area contributed by atoms with Crippen LogP contribution in [0.15, 0.2) is 36.7 Å². The van der Waals surface area contributed by atoms with Gasteiger partial charge in [-0.1, -0.05) is 23.7 Å². The Kier molecular flexibility index (Phi) is 2.73. The number of benzene rings is 1. The standard InChI is InChI=1S/C13H9Cl2N3/c1-18-6-5-8-9(3-2-4-11(8)18)12-10(14)7-16-13(15)17-12/h2-7H,1H3. The lowest BCUT2D eigenvalue weighted by molar-refractivity contribution is 0.969. The van der Waals surface area contributed by atoms with Crippen LogP contribution >= 0.6 is 23.2 Å². The SMILES string of the molecule is Cn1ccc2c(-c3nc(Cl)ncc3Cl)cccc21. The molecule has 0 radical (unpaired) electrons. The number of halogens is 2. The Bertz CT molecular complexity index is 734. The minimum Gasteiger partial charge on any atom is -0.351 e. The third-order valence-corrected chi connectivity index (χ3v) is 3.36. The number of aryl methyl sites for hydroxylation is 1. The van der Waals surface area contributed by atoms with E-state index in [4.69, 9.17) is 23.2 Å². The molecule has 0 bridgehead atoms. The highest BCUT2D eigenvalue weighted by atomic mass is 35.5. The van der Waals surface area contributed by atoms with E-state index in [1.54, 1.807) is 0 Å². The zero-order valence-corrected chi connectivity index (χ0v) is 11.1. The summed E-state index contributed by atoms with van der Waals surface area (Å²) in [6.45, 7) is 0. The minimum atomic E-state index is 0.197. The minimum absolute atomic E-state index is 0.197. The molecule has 0 spiro atoms. The maximum atomic E-state index is 6.15. The van der Waals surface area contributed by atoms with Gasteiger partial charge in [-0.3, -0.25) is 0 Å². The first-order valence-corrected chi connectivity index (χ1v) is 6.15. The summed E-state index contributed by atoms with van der Waals surface area (Å²) in [4.78, 5) is 8.08. The van der Waals surface area contributed by atoms with E-state index in [0.29, 0.717) is 10.7 Å². The van der Waals surface area contributed by atoms with Crippen LogP contribution in [0.25, 0.3) is 22.2 Å². The molecular weight excluding hydrogens is 269 g/mol. The molecule has 1 aromatic carbocycles. The van der Waals surface area contributed by atoms with E-state index < -0.39 is 0 Å². The summed E-state index contributed by atoms with van der Waals surface area (Å²) in [7, 11) is 2.00. The molecule has 3 nitrogen and oxygen atoms in total. The average Bonchev–Trinajstić information content (AvgIpc) is 2.75. The molecule has 2 aromatic heterocycles. The third-order valence-electron chi connectivity index (χ3n) is 2.90. The maximum absolute atomic E-state index is 6.15. The normalized spacial score (nSPS) is 11.1. The van der Waals surface area contributed by atoms with Crippen LogP contribution in [0.1, 0.15) is 0 Å². The fourth-order valence-electron chi connectivity index (χ4n) is 2.04. The van der Waals surface area contributed by atoms with E-state index in [0.717, 1.165) is 16.5 Å². The Morgan fingerprint density at radius 1 is 1.17 bits per heavy atom. The Balaban J connectivity index is 2.34.